The van der Waals surface area contributed by atoms with Gasteiger partial charge in [-0.1, -0.05) is 12.1 Å². The van der Waals surface area contributed by atoms with E-state index in [1.54, 1.807) is 27.4 Å². The van der Waals surface area contributed by atoms with Crippen molar-refractivity contribution in [2.45, 2.75) is 26.7 Å². The quantitative estimate of drug-likeness (QED) is 0.384. The molecular weight excluding hydrogens is 438 g/mol. The Bertz CT molecular complexity index is 747. The van der Waals surface area contributed by atoms with Crippen LogP contribution in [0, 0.1) is 0 Å². The molecule has 0 amide bonds. The molecule has 0 aliphatic carbocycles. The van der Waals surface area contributed by atoms with Gasteiger partial charge in [0, 0.05) is 0 Å². The molecule has 0 saturated carbocycles. The first-order chi connectivity index (χ1) is 11.7. The first kappa shape index (κ1) is 25.0. The van der Waals surface area contributed by atoms with Crippen LogP contribution in [0.25, 0.3) is 21.5 Å². The molecule has 0 heterocycles. The van der Waals surface area contributed by atoms with Gasteiger partial charge >= 0.3 is 54.1 Å². The van der Waals surface area contributed by atoms with Gasteiger partial charge in [-0.05, 0) is 0 Å². The van der Waals surface area contributed by atoms with Crippen molar-refractivity contribution in [2.75, 3.05) is 0 Å². The molecule has 0 atom stereocenters. The van der Waals surface area contributed by atoms with Crippen LogP contribution in [0.3, 0.4) is 0 Å². The molecule has 4 aromatic rings. The van der Waals surface area contributed by atoms with Crippen molar-refractivity contribution < 1.29 is 49.0 Å². The molecule has 0 nitrogen and oxygen atoms in total. The second-order valence-electron chi connectivity index (χ2n) is 5.84. The van der Waals surface area contributed by atoms with Crippen LogP contribution < -0.4 is 24.8 Å². The van der Waals surface area contributed by atoms with Crippen LogP contribution in [0.2, 0.25) is 0 Å². The fraction of sp³-hybridized carbons (Fsp3) is 0.174. The standard InChI is InChI=1S/2C9H7.C5H10.2ClH.Zr/c2*1-2-5-9-7-3-6-8(9)4-1;1-3-5-4-2;;;/h2*1-7H;3,5H2,1-2H3;2*1H;/q2*-1;;;;+2/p-2. The number of halogens is 2. The Labute approximate surface area is 184 Å². The zero-order valence-corrected chi connectivity index (χ0v) is 19.2. The summed E-state index contributed by atoms with van der Waals surface area (Å²) in [5.41, 5.74) is 0. The minimum Gasteiger partial charge on any atom is -1.00 e. The van der Waals surface area contributed by atoms with Crippen LogP contribution in [-0.4, -0.2) is 3.21 Å². The van der Waals surface area contributed by atoms with Crippen LogP contribution in [-0.2, 0) is 24.2 Å². The largest absolute Gasteiger partial charge is 1.00 e. The smallest absolute Gasteiger partial charge is 0.0809 e. The van der Waals surface area contributed by atoms with Crippen molar-refractivity contribution in [1.82, 2.24) is 0 Å². The maximum Gasteiger partial charge on any atom is -0.0809 e. The molecular formula is C23H24Cl2Zr-2. The summed E-state index contributed by atoms with van der Waals surface area (Å²) in [6.45, 7) is 4.43. The van der Waals surface area contributed by atoms with Crippen LogP contribution in [0.5, 0.6) is 0 Å². The molecule has 0 aromatic heterocycles. The first-order valence-electron chi connectivity index (χ1n) is 8.45. The van der Waals surface area contributed by atoms with Crippen molar-refractivity contribution >= 4 is 24.8 Å². The molecule has 0 bridgehead atoms. The van der Waals surface area contributed by atoms with Gasteiger partial charge in [0.1, 0.15) is 0 Å². The van der Waals surface area contributed by atoms with E-state index < -0.39 is 0 Å². The Morgan fingerprint density at radius 3 is 1.50 bits per heavy atom. The third kappa shape index (κ3) is 8.58. The third-order valence-electron chi connectivity index (χ3n) is 3.72. The molecule has 0 spiro atoms. The van der Waals surface area contributed by atoms with Gasteiger partial charge in [0.2, 0.25) is 0 Å². The predicted molar refractivity (Wildman–Crippen MR) is 105 cm³/mol. The van der Waals surface area contributed by atoms with Crippen LogP contribution >= 0.6 is 0 Å². The van der Waals surface area contributed by atoms with Gasteiger partial charge in [-0.3, -0.25) is 0 Å². The summed E-state index contributed by atoms with van der Waals surface area (Å²) in [5.74, 6) is 0. The fourth-order valence-electron chi connectivity index (χ4n) is 2.51. The molecule has 3 heteroatoms. The number of hydrogen-bond acceptors (Lipinski definition) is 0. The van der Waals surface area contributed by atoms with Crippen molar-refractivity contribution in [1.29, 1.82) is 0 Å². The average Bonchev–Trinajstić information content (AvgIpc) is 3.25. The van der Waals surface area contributed by atoms with Crippen molar-refractivity contribution in [3.05, 3.63) is 84.9 Å². The van der Waals surface area contributed by atoms with Crippen LogP contribution in [0.1, 0.15) is 26.7 Å². The molecule has 0 radical (unpaired) electrons. The second-order valence-corrected chi connectivity index (χ2v) is 7.94. The summed E-state index contributed by atoms with van der Waals surface area (Å²) in [4.78, 5) is 0. The van der Waals surface area contributed by atoms with E-state index in [-0.39, 0.29) is 24.8 Å². The minimum absolute atomic E-state index is 0. The summed E-state index contributed by atoms with van der Waals surface area (Å²) in [6.07, 6.45) is 2.65. The monoisotopic (exact) mass is 460 g/mol. The maximum atomic E-state index is 2.22. The van der Waals surface area contributed by atoms with Gasteiger partial charge in [0.15, 0.2) is 0 Å². The van der Waals surface area contributed by atoms with Gasteiger partial charge in [-0.25, -0.2) is 0 Å². The molecule has 0 aliphatic rings. The molecule has 0 saturated heterocycles. The molecule has 4 rings (SSSR count). The van der Waals surface area contributed by atoms with Gasteiger partial charge in [0.25, 0.3) is 0 Å². The second kappa shape index (κ2) is 14.1. The minimum atomic E-state index is 0. The zero-order valence-electron chi connectivity index (χ0n) is 15.3. The van der Waals surface area contributed by atoms with Gasteiger partial charge in [-0.2, -0.15) is 35.0 Å². The Balaban J connectivity index is 0.000000357. The van der Waals surface area contributed by atoms with E-state index in [2.05, 4.69) is 98.8 Å². The van der Waals surface area contributed by atoms with E-state index in [0.717, 1.165) is 0 Å². The van der Waals surface area contributed by atoms with Crippen molar-refractivity contribution in [3.63, 3.8) is 0 Å². The maximum absolute atomic E-state index is 2.22. The van der Waals surface area contributed by atoms with E-state index in [9.17, 15) is 0 Å². The van der Waals surface area contributed by atoms with Gasteiger partial charge < -0.3 is 24.8 Å². The van der Waals surface area contributed by atoms with E-state index in [0.29, 0.717) is 0 Å². The summed E-state index contributed by atoms with van der Waals surface area (Å²) >= 11 is 1.60. The Hall–Kier alpha value is -1.01. The Kier molecular flexibility index (Phi) is 13.6. The molecule has 0 fully saturated rings. The Morgan fingerprint density at radius 2 is 1.19 bits per heavy atom. The first-order valence-corrected chi connectivity index (χ1v) is 9.68. The number of rotatable bonds is 2. The topological polar surface area (TPSA) is 0 Å². The molecule has 4 aromatic carbocycles. The zero-order chi connectivity index (χ0) is 17.2. The normalized spacial score (nSPS) is 9.08. The summed E-state index contributed by atoms with van der Waals surface area (Å²) in [7, 11) is 0. The van der Waals surface area contributed by atoms with E-state index in [1.807, 2.05) is 0 Å². The molecule has 136 valence electrons. The average molecular weight is 463 g/mol. The van der Waals surface area contributed by atoms with Crippen LogP contribution in [0.4, 0.5) is 0 Å². The summed E-state index contributed by atoms with van der Waals surface area (Å²) in [6, 6.07) is 29.3. The molecule has 0 aliphatic heterocycles. The van der Waals surface area contributed by atoms with Gasteiger partial charge in [-0.15, -0.1) is 59.3 Å². The summed E-state index contributed by atoms with van der Waals surface area (Å²) < 4.78 is 1.63. The van der Waals surface area contributed by atoms with E-state index in [4.69, 9.17) is 0 Å². The third-order valence-corrected chi connectivity index (χ3v) is 4.33. The van der Waals surface area contributed by atoms with E-state index >= 15 is 0 Å². The van der Waals surface area contributed by atoms with Crippen molar-refractivity contribution in [3.8, 4) is 0 Å². The van der Waals surface area contributed by atoms with Crippen molar-refractivity contribution in [2.24, 2.45) is 0 Å². The SMILES string of the molecule is CCC[C](C)=[Zr+2].[Cl-].[Cl-].c1ccc2[cH-]ccc2c1.c1ccc2[cH-]ccc2c1. The van der Waals surface area contributed by atoms with E-state index in [1.165, 1.54) is 34.4 Å². The van der Waals surface area contributed by atoms with Crippen LogP contribution in [0.15, 0.2) is 84.9 Å². The molecule has 0 N–H and O–H groups in total. The number of benzene rings is 2. The molecule has 0 unspecified atom stereocenters. The van der Waals surface area contributed by atoms with Gasteiger partial charge in [0.05, 0.1) is 0 Å². The number of hydrogen-bond donors (Lipinski definition) is 0. The number of fused-ring (bicyclic) bond motifs is 2. The summed E-state index contributed by atoms with van der Waals surface area (Å²) in [5, 5.41) is 5.32. The predicted octanol–water partition coefficient (Wildman–Crippen LogP) is 0.651. The molecule has 26 heavy (non-hydrogen) atoms. The fourth-order valence-corrected chi connectivity index (χ4v) is 3.13. The Morgan fingerprint density at radius 1 is 0.769 bits per heavy atom.